The Morgan fingerprint density at radius 3 is 2.45 bits per heavy atom. The van der Waals surface area contributed by atoms with Gasteiger partial charge in [0.15, 0.2) is 5.82 Å². The topological polar surface area (TPSA) is 88.2 Å². The fourth-order valence-electron chi connectivity index (χ4n) is 3.80. The van der Waals surface area contributed by atoms with Gasteiger partial charge in [-0.3, -0.25) is 0 Å². The molecular formula is C23H27FN6O. The smallest absolute Gasteiger partial charge is 0.319 e. The summed E-state index contributed by atoms with van der Waals surface area (Å²) in [6, 6.07) is 15.0. The number of carbonyl (C=O) groups is 1. The Hall–Kier alpha value is -3.39. The molecule has 3 aromatic rings. The lowest BCUT2D eigenvalue weighted by molar-refractivity contribution is 0.224. The molecule has 0 atom stereocenters. The first-order valence-corrected chi connectivity index (χ1v) is 10.6. The largest absolute Gasteiger partial charge is 0.382 e. The van der Waals surface area contributed by atoms with Crippen molar-refractivity contribution in [2.45, 2.75) is 19.3 Å². The van der Waals surface area contributed by atoms with E-state index in [0.717, 1.165) is 25.2 Å². The van der Waals surface area contributed by atoms with Gasteiger partial charge < -0.3 is 21.3 Å². The van der Waals surface area contributed by atoms with Crippen LogP contribution in [-0.4, -0.2) is 46.9 Å². The summed E-state index contributed by atoms with van der Waals surface area (Å²) in [5.41, 5.74) is 8.76. The maximum Gasteiger partial charge on any atom is 0.319 e. The molecule has 2 amide bonds. The third-order valence-corrected chi connectivity index (χ3v) is 5.44. The molecule has 4 rings (SSSR count). The average Bonchev–Trinajstić information content (AvgIpc) is 3.12. The molecule has 7 nitrogen and oxygen atoms in total. The molecule has 1 aliphatic rings. The quantitative estimate of drug-likeness (QED) is 0.563. The van der Waals surface area contributed by atoms with E-state index < -0.39 is 0 Å². The van der Waals surface area contributed by atoms with E-state index >= 15 is 0 Å². The van der Waals surface area contributed by atoms with Crippen molar-refractivity contribution in [3.8, 4) is 16.9 Å². The van der Waals surface area contributed by atoms with Crippen molar-refractivity contribution >= 4 is 17.5 Å². The number of anilines is 2. The number of piperidine rings is 1. The molecule has 1 fully saturated rings. The van der Waals surface area contributed by atoms with Gasteiger partial charge in [0.1, 0.15) is 17.2 Å². The number of nitrogens with one attached hydrogen (secondary N) is 2. The summed E-state index contributed by atoms with van der Waals surface area (Å²) >= 11 is 0. The predicted octanol–water partition coefficient (Wildman–Crippen LogP) is 3.87. The minimum absolute atomic E-state index is 0.275. The molecule has 0 saturated carbocycles. The SMILES string of the molecule is Nc1c(NC(=O)NCCN2CCCCC2)c(-c2ccccc2)nn1-c1ccc(F)cc1. The Bertz CT molecular complexity index is 1010. The molecular weight excluding hydrogens is 395 g/mol. The number of urea groups is 1. The number of nitrogens with two attached hydrogens (primary N) is 1. The molecule has 4 N–H and O–H groups in total. The van der Waals surface area contributed by atoms with Crippen LogP contribution in [0.15, 0.2) is 54.6 Å². The molecule has 1 aliphatic heterocycles. The lowest BCUT2D eigenvalue weighted by atomic mass is 10.1. The zero-order valence-corrected chi connectivity index (χ0v) is 17.4. The molecule has 0 aliphatic carbocycles. The van der Waals surface area contributed by atoms with E-state index in [1.807, 2.05) is 30.3 Å². The lowest BCUT2D eigenvalue weighted by Gasteiger charge is -2.26. The minimum atomic E-state index is -0.343. The number of nitrogen functional groups attached to an aromatic ring is 1. The van der Waals surface area contributed by atoms with Crippen LogP contribution in [-0.2, 0) is 0 Å². The van der Waals surface area contributed by atoms with E-state index in [-0.39, 0.29) is 17.7 Å². The highest BCUT2D eigenvalue weighted by molar-refractivity contribution is 5.97. The van der Waals surface area contributed by atoms with Crippen LogP contribution in [0.1, 0.15) is 19.3 Å². The summed E-state index contributed by atoms with van der Waals surface area (Å²) in [5, 5.41) is 10.4. The Morgan fingerprint density at radius 2 is 1.74 bits per heavy atom. The highest BCUT2D eigenvalue weighted by Crippen LogP contribution is 2.34. The summed E-state index contributed by atoms with van der Waals surface area (Å²) in [6.07, 6.45) is 3.71. The molecule has 2 heterocycles. The number of carbonyl (C=O) groups excluding carboxylic acids is 1. The van der Waals surface area contributed by atoms with E-state index in [1.165, 1.54) is 36.1 Å². The number of aromatic nitrogens is 2. The van der Waals surface area contributed by atoms with Crippen molar-refractivity contribution in [2.24, 2.45) is 0 Å². The van der Waals surface area contributed by atoms with Crippen LogP contribution in [0, 0.1) is 5.82 Å². The van der Waals surface area contributed by atoms with Gasteiger partial charge in [0.25, 0.3) is 0 Å². The third-order valence-electron chi connectivity index (χ3n) is 5.44. The number of benzene rings is 2. The number of amides is 2. The van der Waals surface area contributed by atoms with Crippen LogP contribution in [0.3, 0.4) is 0 Å². The van der Waals surface area contributed by atoms with Crippen molar-refractivity contribution in [3.63, 3.8) is 0 Å². The van der Waals surface area contributed by atoms with E-state index in [9.17, 15) is 9.18 Å². The fourth-order valence-corrected chi connectivity index (χ4v) is 3.80. The van der Waals surface area contributed by atoms with Crippen LogP contribution in [0.25, 0.3) is 16.9 Å². The van der Waals surface area contributed by atoms with Gasteiger partial charge in [-0.05, 0) is 50.2 Å². The predicted molar refractivity (Wildman–Crippen MR) is 121 cm³/mol. The van der Waals surface area contributed by atoms with Crippen LogP contribution in [0.5, 0.6) is 0 Å². The molecule has 8 heteroatoms. The number of hydrogen-bond donors (Lipinski definition) is 3. The zero-order chi connectivity index (χ0) is 21.6. The van der Waals surface area contributed by atoms with Gasteiger partial charge in [-0.2, -0.15) is 5.10 Å². The number of halogens is 1. The van der Waals surface area contributed by atoms with Gasteiger partial charge in [0.05, 0.1) is 5.69 Å². The highest BCUT2D eigenvalue weighted by Gasteiger charge is 2.20. The molecule has 0 radical (unpaired) electrons. The Kier molecular flexibility index (Phi) is 6.47. The Balaban J connectivity index is 1.53. The lowest BCUT2D eigenvalue weighted by Crippen LogP contribution is -2.39. The highest BCUT2D eigenvalue weighted by atomic mass is 19.1. The minimum Gasteiger partial charge on any atom is -0.382 e. The second-order valence-electron chi connectivity index (χ2n) is 7.65. The van der Waals surface area contributed by atoms with Crippen molar-refractivity contribution in [3.05, 3.63) is 60.4 Å². The Morgan fingerprint density at radius 1 is 1.03 bits per heavy atom. The van der Waals surface area contributed by atoms with Gasteiger partial charge in [0.2, 0.25) is 0 Å². The van der Waals surface area contributed by atoms with Gasteiger partial charge in [-0.25, -0.2) is 13.9 Å². The summed E-state index contributed by atoms with van der Waals surface area (Å²) in [6.45, 7) is 3.54. The first-order valence-electron chi connectivity index (χ1n) is 10.6. The molecule has 2 aromatic carbocycles. The molecule has 31 heavy (non-hydrogen) atoms. The zero-order valence-electron chi connectivity index (χ0n) is 17.4. The van der Waals surface area contributed by atoms with E-state index in [4.69, 9.17) is 5.73 Å². The first-order chi connectivity index (χ1) is 15.1. The summed E-state index contributed by atoms with van der Waals surface area (Å²) < 4.78 is 14.9. The third kappa shape index (κ3) is 5.03. The number of likely N-dealkylation sites (tertiary alicyclic amines) is 1. The van der Waals surface area contributed by atoms with Crippen LogP contribution in [0.4, 0.5) is 20.7 Å². The molecule has 162 valence electrons. The van der Waals surface area contributed by atoms with Crippen molar-refractivity contribution in [2.75, 3.05) is 37.2 Å². The molecule has 0 spiro atoms. The molecule has 1 saturated heterocycles. The van der Waals surface area contributed by atoms with Crippen LogP contribution in [0.2, 0.25) is 0 Å². The number of hydrogen-bond acceptors (Lipinski definition) is 4. The van der Waals surface area contributed by atoms with Gasteiger partial charge in [-0.1, -0.05) is 36.8 Å². The normalized spacial score (nSPS) is 14.4. The van der Waals surface area contributed by atoms with Crippen molar-refractivity contribution < 1.29 is 9.18 Å². The fraction of sp³-hybridized carbons (Fsp3) is 0.304. The summed E-state index contributed by atoms with van der Waals surface area (Å²) in [7, 11) is 0. The Labute approximate surface area is 181 Å². The molecule has 1 aromatic heterocycles. The van der Waals surface area contributed by atoms with E-state index in [1.54, 1.807) is 12.1 Å². The maximum atomic E-state index is 13.3. The second kappa shape index (κ2) is 9.61. The van der Waals surface area contributed by atoms with Gasteiger partial charge in [-0.15, -0.1) is 0 Å². The monoisotopic (exact) mass is 422 g/mol. The standard InChI is InChI=1S/C23H27FN6O/c24-18-9-11-19(12-10-18)30-22(25)21(20(28-30)17-7-3-1-4-8-17)27-23(31)26-13-16-29-14-5-2-6-15-29/h1,3-4,7-12H,2,5-6,13-16,25H2,(H2,26,27,31). The summed E-state index contributed by atoms with van der Waals surface area (Å²) in [5.74, 6) is -0.0687. The van der Waals surface area contributed by atoms with Crippen LogP contribution >= 0.6 is 0 Å². The second-order valence-corrected chi connectivity index (χ2v) is 7.65. The van der Waals surface area contributed by atoms with E-state index in [0.29, 0.717) is 23.6 Å². The van der Waals surface area contributed by atoms with Gasteiger partial charge in [0, 0.05) is 18.7 Å². The maximum absolute atomic E-state index is 13.3. The van der Waals surface area contributed by atoms with Crippen molar-refractivity contribution in [1.29, 1.82) is 0 Å². The van der Waals surface area contributed by atoms with E-state index in [2.05, 4.69) is 20.6 Å². The first kappa shape index (κ1) is 20.9. The number of nitrogens with zero attached hydrogens (tertiary/aromatic N) is 3. The number of rotatable bonds is 6. The van der Waals surface area contributed by atoms with Gasteiger partial charge >= 0.3 is 6.03 Å². The average molecular weight is 423 g/mol. The van der Waals surface area contributed by atoms with Crippen molar-refractivity contribution in [1.82, 2.24) is 20.0 Å². The summed E-state index contributed by atoms with van der Waals surface area (Å²) in [4.78, 5) is 15.0. The van der Waals surface area contributed by atoms with Crippen LogP contribution < -0.4 is 16.4 Å². The molecule has 0 bridgehead atoms. The molecule has 0 unspecified atom stereocenters.